The van der Waals surface area contributed by atoms with Gasteiger partial charge in [0.2, 0.25) is 12.7 Å². The zero-order valence-electron chi connectivity index (χ0n) is 10.6. The van der Waals surface area contributed by atoms with Crippen LogP contribution in [-0.2, 0) is 11.3 Å². The summed E-state index contributed by atoms with van der Waals surface area (Å²) in [4.78, 5) is 13.7. The van der Waals surface area contributed by atoms with E-state index >= 15 is 0 Å². The highest BCUT2D eigenvalue weighted by molar-refractivity contribution is 7.99. The van der Waals surface area contributed by atoms with E-state index in [0.29, 0.717) is 18.8 Å². The molecule has 1 aromatic rings. The van der Waals surface area contributed by atoms with Crippen LogP contribution in [0.15, 0.2) is 18.2 Å². The number of benzene rings is 1. The molecule has 1 aromatic carbocycles. The van der Waals surface area contributed by atoms with Gasteiger partial charge in [-0.25, -0.2) is 0 Å². The van der Waals surface area contributed by atoms with Crippen LogP contribution in [0.2, 0.25) is 0 Å². The molecule has 4 nitrogen and oxygen atoms in total. The van der Waals surface area contributed by atoms with Crippen molar-refractivity contribution in [3.63, 3.8) is 0 Å². The monoisotopic (exact) mass is 267 g/mol. The molecule has 0 aromatic heterocycles. The first-order valence-corrected chi connectivity index (χ1v) is 7.29. The van der Waals surface area contributed by atoms with Gasteiger partial charge in [0.25, 0.3) is 0 Å². The number of thioether (sulfide) groups is 1. The molecule has 0 N–H and O–H groups in total. The summed E-state index contributed by atoms with van der Waals surface area (Å²) in [5, 5.41) is 0. The minimum Gasteiger partial charge on any atom is -0.454 e. The van der Waals surface area contributed by atoms with Gasteiger partial charge in [0.1, 0.15) is 0 Å². The third kappa shape index (κ3) is 2.90. The molecule has 1 amide bonds. The standard InChI is InChI=1S/C13H17NO3S/c1-3-14(13(15)8-18-2)7-10-4-5-11-12(6-10)17-9-16-11/h4-6H,3,7-9H2,1-2H3. The number of nitrogens with zero attached hydrogens (tertiary/aromatic N) is 1. The van der Waals surface area contributed by atoms with Crippen molar-refractivity contribution in [2.45, 2.75) is 13.5 Å². The molecule has 0 saturated heterocycles. The van der Waals surface area contributed by atoms with Crippen LogP contribution in [0, 0.1) is 0 Å². The smallest absolute Gasteiger partial charge is 0.232 e. The summed E-state index contributed by atoms with van der Waals surface area (Å²) in [5.74, 6) is 2.24. The minimum atomic E-state index is 0.169. The van der Waals surface area contributed by atoms with E-state index in [4.69, 9.17) is 9.47 Å². The normalized spacial score (nSPS) is 12.6. The number of rotatable bonds is 5. The lowest BCUT2D eigenvalue weighted by Crippen LogP contribution is -2.31. The number of amides is 1. The number of fused-ring (bicyclic) bond motifs is 1. The second-order valence-electron chi connectivity index (χ2n) is 4.03. The average molecular weight is 267 g/mol. The van der Waals surface area contributed by atoms with Crippen LogP contribution in [0.3, 0.4) is 0 Å². The Morgan fingerprint density at radius 1 is 1.39 bits per heavy atom. The lowest BCUT2D eigenvalue weighted by atomic mass is 10.2. The van der Waals surface area contributed by atoms with Gasteiger partial charge < -0.3 is 14.4 Å². The molecule has 1 aliphatic rings. The minimum absolute atomic E-state index is 0.169. The summed E-state index contributed by atoms with van der Waals surface area (Å²) in [6.45, 7) is 3.60. The Bertz CT molecular complexity index is 436. The average Bonchev–Trinajstić information content (AvgIpc) is 2.83. The van der Waals surface area contributed by atoms with Crippen LogP contribution >= 0.6 is 11.8 Å². The summed E-state index contributed by atoms with van der Waals surface area (Å²) < 4.78 is 10.6. The van der Waals surface area contributed by atoms with E-state index in [0.717, 1.165) is 17.1 Å². The van der Waals surface area contributed by atoms with E-state index in [2.05, 4.69) is 0 Å². The molecule has 0 unspecified atom stereocenters. The van der Waals surface area contributed by atoms with Gasteiger partial charge in [0.05, 0.1) is 5.75 Å². The summed E-state index contributed by atoms with van der Waals surface area (Å²) in [5.41, 5.74) is 1.07. The maximum absolute atomic E-state index is 11.9. The summed E-state index contributed by atoms with van der Waals surface area (Å²) in [6.07, 6.45) is 1.94. The SMILES string of the molecule is CCN(Cc1ccc2c(c1)OCO2)C(=O)CSC. The summed E-state index contributed by atoms with van der Waals surface area (Å²) in [7, 11) is 0. The van der Waals surface area contributed by atoms with Crippen LogP contribution in [-0.4, -0.2) is 36.2 Å². The zero-order valence-corrected chi connectivity index (χ0v) is 11.5. The Morgan fingerprint density at radius 3 is 2.89 bits per heavy atom. The molecule has 0 spiro atoms. The number of hydrogen-bond acceptors (Lipinski definition) is 4. The third-order valence-electron chi connectivity index (χ3n) is 2.81. The number of carbonyl (C=O) groups excluding carboxylic acids is 1. The highest BCUT2D eigenvalue weighted by atomic mass is 32.2. The second kappa shape index (κ2) is 6.00. The number of carbonyl (C=O) groups is 1. The van der Waals surface area contributed by atoms with Gasteiger partial charge in [-0.2, -0.15) is 11.8 Å². The van der Waals surface area contributed by atoms with Crippen molar-refractivity contribution < 1.29 is 14.3 Å². The Hall–Kier alpha value is -1.36. The first-order valence-electron chi connectivity index (χ1n) is 5.89. The van der Waals surface area contributed by atoms with Crippen molar-refractivity contribution in [2.75, 3.05) is 25.3 Å². The lowest BCUT2D eigenvalue weighted by molar-refractivity contribution is -0.128. The molecule has 1 aliphatic heterocycles. The molecule has 98 valence electrons. The van der Waals surface area contributed by atoms with Crippen molar-refractivity contribution >= 4 is 17.7 Å². The topological polar surface area (TPSA) is 38.8 Å². The molecular weight excluding hydrogens is 250 g/mol. The Morgan fingerprint density at radius 2 is 2.17 bits per heavy atom. The Labute approximate surface area is 111 Å². The second-order valence-corrected chi connectivity index (χ2v) is 4.89. The third-order valence-corrected chi connectivity index (χ3v) is 3.35. The lowest BCUT2D eigenvalue weighted by Gasteiger charge is -2.20. The Balaban J connectivity index is 2.05. The van der Waals surface area contributed by atoms with Gasteiger partial charge in [-0.05, 0) is 30.9 Å². The fraction of sp³-hybridized carbons (Fsp3) is 0.462. The van der Waals surface area contributed by atoms with Crippen LogP contribution < -0.4 is 9.47 Å². The molecule has 0 radical (unpaired) electrons. The van der Waals surface area contributed by atoms with E-state index in [9.17, 15) is 4.79 Å². The quantitative estimate of drug-likeness (QED) is 0.819. The van der Waals surface area contributed by atoms with E-state index in [-0.39, 0.29) is 12.7 Å². The van der Waals surface area contributed by atoms with Gasteiger partial charge >= 0.3 is 0 Å². The Kier molecular flexibility index (Phi) is 4.36. The maximum atomic E-state index is 11.9. The fourth-order valence-corrected chi connectivity index (χ4v) is 2.28. The van der Waals surface area contributed by atoms with Crippen LogP contribution in [0.25, 0.3) is 0 Å². The van der Waals surface area contributed by atoms with Gasteiger partial charge in [-0.15, -0.1) is 0 Å². The highest BCUT2D eigenvalue weighted by Crippen LogP contribution is 2.32. The van der Waals surface area contributed by atoms with E-state index in [1.807, 2.05) is 36.3 Å². The van der Waals surface area contributed by atoms with Gasteiger partial charge in [-0.3, -0.25) is 4.79 Å². The van der Waals surface area contributed by atoms with Crippen molar-refractivity contribution in [3.8, 4) is 11.5 Å². The van der Waals surface area contributed by atoms with Crippen LogP contribution in [0.1, 0.15) is 12.5 Å². The molecule has 2 rings (SSSR count). The molecule has 0 bridgehead atoms. The van der Waals surface area contributed by atoms with Crippen LogP contribution in [0.4, 0.5) is 0 Å². The summed E-state index contributed by atoms with van der Waals surface area (Å²) in [6, 6.07) is 5.81. The van der Waals surface area contributed by atoms with Crippen LogP contribution in [0.5, 0.6) is 11.5 Å². The molecule has 18 heavy (non-hydrogen) atoms. The first-order chi connectivity index (χ1) is 8.74. The first kappa shape index (κ1) is 13.1. The van der Waals surface area contributed by atoms with Gasteiger partial charge in [0.15, 0.2) is 11.5 Å². The molecule has 0 saturated carbocycles. The fourth-order valence-electron chi connectivity index (χ4n) is 1.85. The van der Waals surface area contributed by atoms with E-state index in [1.54, 1.807) is 11.8 Å². The molecule has 0 atom stereocenters. The van der Waals surface area contributed by atoms with E-state index < -0.39 is 0 Å². The molecule has 5 heteroatoms. The van der Waals surface area contributed by atoms with Gasteiger partial charge in [-0.1, -0.05) is 6.07 Å². The molecule has 0 fully saturated rings. The van der Waals surface area contributed by atoms with E-state index in [1.165, 1.54) is 0 Å². The van der Waals surface area contributed by atoms with Crippen molar-refractivity contribution in [1.82, 2.24) is 4.90 Å². The predicted octanol–water partition coefficient (Wildman–Crippen LogP) is 2.13. The number of ether oxygens (including phenoxy) is 2. The molecular formula is C13H17NO3S. The molecule has 0 aliphatic carbocycles. The largest absolute Gasteiger partial charge is 0.454 e. The van der Waals surface area contributed by atoms with Crippen molar-refractivity contribution in [3.05, 3.63) is 23.8 Å². The maximum Gasteiger partial charge on any atom is 0.232 e. The summed E-state index contributed by atoms with van der Waals surface area (Å²) >= 11 is 1.55. The highest BCUT2D eigenvalue weighted by Gasteiger charge is 2.16. The predicted molar refractivity (Wildman–Crippen MR) is 72.0 cm³/mol. The van der Waals surface area contributed by atoms with Crippen molar-refractivity contribution in [2.24, 2.45) is 0 Å². The zero-order chi connectivity index (χ0) is 13.0. The van der Waals surface area contributed by atoms with Gasteiger partial charge in [0, 0.05) is 13.1 Å². The molecule has 1 heterocycles. The van der Waals surface area contributed by atoms with Crippen molar-refractivity contribution in [1.29, 1.82) is 0 Å². The number of hydrogen-bond donors (Lipinski definition) is 0.